The molecule has 0 saturated carbocycles. The van der Waals surface area contributed by atoms with E-state index in [1.165, 1.54) is 12.1 Å². The van der Waals surface area contributed by atoms with Crippen molar-refractivity contribution in [1.29, 1.82) is 0 Å². The van der Waals surface area contributed by atoms with E-state index in [0.717, 1.165) is 11.6 Å². The molecule has 0 aliphatic carbocycles. The van der Waals surface area contributed by atoms with Gasteiger partial charge in [0, 0.05) is 30.5 Å². The molecule has 1 saturated heterocycles. The molecule has 0 amide bonds. The van der Waals surface area contributed by atoms with E-state index in [9.17, 15) is 18.3 Å². The minimum Gasteiger partial charge on any atom is -0.432 e. The van der Waals surface area contributed by atoms with Crippen LogP contribution in [0.3, 0.4) is 0 Å². The normalized spacial score (nSPS) is 20.6. The number of hydrogen-bond acceptors (Lipinski definition) is 5. The lowest BCUT2D eigenvalue weighted by atomic mass is 10.0. The monoisotopic (exact) mass is 382 g/mol. The summed E-state index contributed by atoms with van der Waals surface area (Å²) < 4.78 is 48.0. The molecule has 2 aromatic rings. The molecule has 1 aliphatic rings. The molecule has 0 radical (unpaired) electrons. The summed E-state index contributed by atoms with van der Waals surface area (Å²) >= 11 is 0. The van der Waals surface area contributed by atoms with Gasteiger partial charge >= 0.3 is 6.61 Å². The van der Waals surface area contributed by atoms with Crippen molar-refractivity contribution < 1.29 is 27.8 Å². The van der Waals surface area contributed by atoms with Crippen molar-refractivity contribution in [3.8, 4) is 16.9 Å². The molecule has 0 bridgehead atoms. The Hall–Kier alpha value is -2.16. The maximum Gasteiger partial charge on any atom is 0.387 e. The molecule has 0 spiro atoms. The lowest BCUT2D eigenvalue weighted by Gasteiger charge is -2.27. The quantitative estimate of drug-likeness (QED) is 0.827. The second-order valence-corrected chi connectivity index (χ2v) is 6.75. The second-order valence-electron chi connectivity index (χ2n) is 6.75. The van der Waals surface area contributed by atoms with Crippen molar-refractivity contribution in [2.24, 2.45) is 5.92 Å². The number of ether oxygens (including phenoxy) is 2. The maximum absolute atomic E-state index is 13.6. The first-order valence-electron chi connectivity index (χ1n) is 8.59. The van der Waals surface area contributed by atoms with E-state index in [4.69, 9.17) is 4.74 Å². The van der Waals surface area contributed by atoms with Gasteiger partial charge in [0.25, 0.3) is 0 Å². The van der Waals surface area contributed by atoms with Gasteiger partial charge in [0.05, 0.1) is 6.61 Å². The lowest BCUT2D eigenvalue weighted by molar-refractivity contribution is -0.140. The summed E-state index contributed by atoms with van der Waals surface area (Å²) in [4.78, 5) is 6.01. The maximum atomic E-state index is 13.6. The first-order valence-corrected chi connectivity index (χ1v) is 8.59. The van der Waals surface area contributed by atoms with E-state index in [0.29, 0.717) is 30.2 Å². The smallest absolute Gasteiger partial charge is 0.387 e. The average molecular weight is 382 g/mol. The van der Waals surface area contributed by atoms with Gasteiger partial charge in [-0.3, -0.25) is 4.98 Å². The minimum atomic E-state index is -3.11. The van der Waals surface area contributed by atoms with E-state index in [-0.39, 0.29) is 6.04 Å². The van der Waals surface area contributed by atoms with Gasteiger partial charge in [-0.05, 0) is 35.2 Å². The summed E-state index contributed by atoms with van der Waals surface area (Å²) in [6.07, 6.45) is 2.23. The zero-order chi connectivity index (χ0) is 19.6. The lowest BCUT2D eigenvalue weighted by Crippen LogP contribution is -2.39. The van der Waals surface area contributed by atoms with Crippen LogP contribution < -0.4 is 4.74 Å². The number of halogens is 3. The van der Waals surface area contributed by atoms with E-state index in [2.05, 4.69) is 23.6 Å². The van der Waals surface area contributed by atoms with Crippen LogP contribution >= 0.6 is 0 Å². The van der Waals surface area contributed by atoms with Crippen LogP contribution in [-0.4, -0.2) is 40.7 Å². The van der Waals surface area contributed by atoms with Gasteiger partial charge in [0.1, 0.15) is 0 Å². The molecule has 2 unspecified atom stereocenters. The third kappa shape index (κ3) is 4.58. The first-order chi connectivity index (χ1) is 12.8. The molecule has 1 N–H and O–H groups in total. The summed E-state index contributed by atoms with van der Waals surface area (Å²) in [5, 5.41) is 10.1. The second kappa shape index (κ2) is 8.24. The molecule has 1 aliphatic heterocycles. The molecule has 5 nitrogen and oxygen atoms in total. The predicted octanol–water partition coefficient (Wildman–Crippen LogP) is 3.62. The Morgan fingerprint density at radius 3 is 2.74 bits per heavy atom. The minimum absolute atomic E-state index is 0.0699. The fourth-order valence-corrected chi connectivity index (χ4v) is 3.12. The molecule has 146 valence electrons. The number of rotatable bonds is 6. The molecule has 3 rings (SSSR count). The van der Waals surface area contributed by atoms with Gasteiger partial charge in [-0.1, -0.05) is 19.9 Å². The van der Waals surface area contributed by atoms with E-state index in [1.54, 1.807) is 12.4 Å². The Morgan fingerprint density at radius 2 is 2.04 bits per heavy atom. The number of nitrogens with zero attached hydrogens (tertiary/aromatic N) is 2. The third-order valence-corrected chi connectivity index (χ3v) is 4.54. The molecule has 2 heterocycles. The molecule has 1 aromatic heterocycles. The summed E-state index contributed by atoms with van der Waals surface area (Å²) in [7, 11) is 0. The molecule has 8 heteroatoms. The van der Waals surface area contributed by atoms with Crippen LogP contribution in [-0.2, 0) is 11.3 Å². The highest BCUT2D eigenvalue weighted by atomic mass is 19.3. The number of aliphatic hydroxyl groups excluding tert-OH is 1. The number of alkyl halides is 2. The topological polar surface area (TPSA) is 54.8 Å². The van der Waals surface area contributed by atoms with Crippen LogP contribution in [0.15, 0.2) is 36.7 Å². The Labute approximate surface area is 155 Å². The summed E-state index contributed by atoms with van der Waals surface area (Å²) in [6.45, 7) is 1.85. The van der Waals surface area contributed by atoms with Gasteiger partial charge in [0.15, 0.2) is 11.6 Å². The molecule has 27 heavy (non-hydrogen) atoms. The Balaban J connectivity index is 1.84. The van der Waals surface area contributed by atoms with E-state index in [1.807, 2.05) is 11.0 Å². The number of benzene rings is 1. The SMILES string of the molecule is CC(C)C1COC(O)N1Cc1cncc(-c2ccc(F)c(OC(F)F)c2)c1. The van der Waals surface area contributed by atoms with Crippen LogP contribution in [0.25, 0.3) is 11.1 Å². The zero-order valence-electron chi connectivity index (χ0n) is 15.0. The first kappa shape index (κ1) is 19.6. The van der Waals surface area contributed by atoms with Gasteiger partial charge in [-0.2, -0.15) is 8.78 Å². The zero-order valence-corrected chi connectivity index (χ0v) is 15.0. The number of aromatic nitrogens is 1. The summed E-state index contributed by atoms with van der Waals surface area (Å²) in [5.74, 6) is -1.08. The Kier molecular flexibility index (Phi) is 5.98. The average Bonchev–Trinajstić information content (AvgIpc) is 2.98. The van der Waals surface area contributed by atoms with Crippen molar-refractivity contribution in [2.45, 2.75) is 39.5 Å². The van der Waals surface area contributed by atoms with Crippen LogP contribution in [0.1, 0.15) is 19.4 Å². The van der Waals surface area contributed by atoms with Gasteiger partial charge in [-0.15, -0.1) is 0 Å². The molecular weight excluding hydrogens is 361 g/mol. The number of hydrogen-bond donors (Lipinski definition) is 1. The molecule has 1 aromatic carbocycles. The van der Waals surface area contributed by atoms with Crippen molar-refractivity contribution >= 4 is 0 Å². The highest BCUT2D eigenvalue weighted by molar-refractivity contribution is 5.65. The highest BCUT2D eigenvalue weighted by Gasteiger charge is 2.34. The van der Waals surface area contributed by atoms with Crippen molar-refractivity contribution in [3.05, 3.63) is 48.0 Å². The van der Waals surface area contributed by atoms with E-state index < -0.39 is 24.6 Å². The van der Waals surface area contributed by atoms with E-state index >= 15 is 0 Å². The van der Waals surface area contributed by atoms with Crippen LogP contribution in [0, 0.1) is 11.7 Å². The molecule has 1 fully saturated rings. The largest absolute Gasteiger partial charge is 0.432 e. The number of pyridine rings is 1. The van der Waals surface area contributed by atoms with Crippen molar-refractivity contribution in [2.75, 3.05) is 6.61 Å². The highest BCUT2D eigenvalue weighted by Crippen LogP contribution is 2.29. The van der Waals surface area contributed by atoms with Gasteiger partial charge < -0.3 is 14.6 Å². The fourth-order valence-electron chi connectivity index (χ4n) is 3.12. The van der Waals surface area contributed by atoms with Gasteiger partial charge in [-0.25, -0.2) is 9.29 Å². The third-order valence-electron chi connectivity index (χ3n) is 4.54. The fraction of sp³-hybridized carbons (Fsp3) is 0.421. The molecular formula is C19H21F3N2O3. The summed E-state index contributed by atoms with van der Waals surface area (Å²) in [5.41, 5.74) is 1.94. The van der Waals surface area contributed by atoms with Crippen molar-refractivity contribution in [1.82, 2.24) is 9.88 Å². The van der Waals surface area contributed by atoms with Crippen LogP contribution in [0.2, 0.25) is 0 Å². The van der Waals surface area contributed by atoms with Crippen molar-refractivity contribution in [3.63, 3.8) is 0 Å². The molecule has 2 atom stereocenters. The standard InChI is InChI=1S/C19H21F3N2O3/c1-11(2)16-10-26-19(25)24(16)9-12-5-14(8-23-7-12)13-3-4-15(20)17(6-13)27-18(21)22/h3-8,11,16,18-19,25H,9-10H2,1-2H3. The van der Waals surface area contributed by atoms with Crippen LogP contribution in [0.4, 0.5) is 13.2 Å². The Bertz CT molecular complexity index is 789. The number of aliphatic hydroxyl groups is 1. The van der Waals surface area contributed by atoms with Crippen LogP contribution in [0.5, 0.6) is 5.75 Å². The predicted molar refractivity (Wildman–Crippen MR) is 92.4 cm³/mol. The van der Waals surface area contributed by atoms with Gasteiger partial charge in [0.2, 0.25) is 6.41 Å². The summed E-state index contributed by atoms with van der Waals surface area (Å²) in [6, 6.07) is 5.65. The Morgan fingerprint density at radius 1 is 1.26 bits per heavy atom.